The van der Waals surface area contributed by atoms with Crippen molar-refractivity contribution in [3.63, 3.8) is 0 Å². The van der Waals surface area contributed by atoms with Crippen LogP contribution >= 0.6 is 0 Å². The molecule has 0 aliphatic carbocycles. The summed E-state index contributed by atoms with van der Waals surface area (Å²) in [6.07, 6.45) is 6.23. The fraction of sp³-hybridized carbons (Fsp3) is 0.667. The summed E-state index contributed by atoms with van der Waals surface area (Å²) in [5.74, 6) is 1.80. The van der Waals surface area contributed by atoms with Crippen molar-refractivity contribution in [1.82, 2.24) is 5.32 Å². The highest BCUT2D eigenvalue weighted by molar-refractivity contribution is 5.43. The number of fused-ring (bicyclic) bond motifs is 1. The van der Waals surface area contributed by atoms with Gasteiger partial charge >= 0.3 is 0 Å². The molecule has 1 heterocycles. The molecule has 0 unspecified atom stereocenters. The SMILES string of the molecule is CC(C)(C)NCCCCCCc1ccc2c(c1)OCCO2. The van der Waals surface area contributed by atoms with Crippen molar-refractivity contribution in [2.24, 2.45) is 0 Å². The summed E-state index contributed by atoms with van der Waals surface area (Å²) < 4.78 is 11.2. The molecule has 3 heteroatoms. The number of nitrogens with one attached hydrogen (secondary N) is 1. The van der Waals surface area contributed by atoms with Crippen LogP contribution in [-0.2, 0) is 6.42 Å². The number of hydrogen-bond donors (Lipinski definition) is 1. The highest BCUT2D eigenvalue weighted by Gasteiger charge is 2.11. The number of benzene rings is 1. The lowest BCUT2D eigenvalue weighted by atomic mass is 10.0. The minimum atomic E-state index is 0.241. The maximum atomic E-state index is 5.62. The third-order valence-electron chi connectivity index (χ3n) is 3.65. The van der Waals surface area contributed by atoms with Gasteiger partial charge in [-0.3, -0.25) is 0 Å². The highest BCUT2D eigenvalue weighted by Crippen LogP contribution is 2.31. The summed E-state index contributed by atoms with van der Waals surface area (Å²) in [6, 6.07) is 6.33. The van der Waals surface area contributed by atoms with Crippen molar-refractivity contribution in [1.29, 1.82) is 0 Å². The summed E-state index contributed by atoms with van der Waals surface area (Å²) in [5.41, 5.74) is 1.60. The Kier molecular flexibility index (Phi) is 5.92. The molecule has 0 amide bonds. The second kappa shape index (κ2) is 7.69. The van der Waals surface area contributed by atoms with E-state index in [1.807, 2.05) is 6.07 Å². The Balaban J connectivity index is 1.61. The van der Waals surface area contributed by atoms with Gasteiger partial charge in [0.1, 0.15) is 13.2 Å². The van der Waals surface area contributed by atoms with Crippen molar-refractivity contribution in [2.75, 3.05) is 19.8 Å². The quantitative estimate of drug-likeness (QED) is 0.772. The Hall–Kier alpha value is -1.22. The Morgan fingerprint density at radius 2 is 1.67 bits per heavy atom. The van der Waals surface area contributed by atoms with E-state index in [9.17, 15) is 0 Å². The van der Waals surface area contributed by atoms with E-state index >= 15 is 0 Å². The minimum Gasteiger partial charge on any atom is -0.486 e. The van der Waals surface area contributed by atoms with E-state index in [1.165, 1.54) is 31.2 Å². The van der Waals surface area contributed by atoms with Gasteiger partial charge in [-0.1, -0.05) is 18.9 Å². The molecule has 1 aliphatic rings. The maximum absolute atomic E-state index is 5.62. The molecule has 1 aromatic carbocycles. The number of rotatable bonds is 7. The molecule has 118 valence electrons. The zero-order valence-electron chi connectivity index (χ0n) is 13.7. The Bertz CT molecular complexity index is 437. The van der Waals surface area contributed by atoms with Gasteiger partial charge in [-0.15, -0.1) is 0 Å². The third kappa shape index (κ3) is 5.96. The van der Waals surface area contributed by atoms with Crippen LogP contribution in [0.1, 0.15) is 52.0 Å². The van der Waals surface area contributed by atoms with Gasteiger partial charge in [0, 0.05) is 5.54 Å². The largest absolute Gasteiger partial charge is 0.486 e. The van der Waals surface area contributed by atoms with Crippen LogP contribution in [0.5, 0.6) is 11.5 Å². The van der Waals surface area contributed by atoms with Gasteiger partial charge in [0.2, 0.25) is 0 Å². The van der Waals surface area contributed by atoms with Crippen LogP contribution in [-0.4, -0.2) is 25.3 Å². The van der Waals surface area contributed by atoms with Crippen molar-refractivity contribution < 1.29 is 9.47 Å². The fourth-order valence-corrected chi connectivity index (χ4v) is 2.51. The van der Waals surface area contributed by atoms with Crippen LogP contribution in [0.4, 0.5) is 0 Å². The van der Waals surface area contributed by atoms with Gasteiger partial charge in [-0.25, -0.2) is 0 Å². The lowest BCUT2D eigenvalue weighted by Gasteiger charge is -2.20. The van der Waals surface area contributed by atoms with Gasteiger partial charge in [0.25, 0.3) is 0 Å². The molecule has 3 nitrogen and oxygen atoms in total. The summed E-state index contributed by atoms with van der Waals surface area (Å²) in [6.45, 7) is 9.10. The van der Waals surface area contributed by atoms with Gasteiger partial charge in [0.05, 0.1) is 0 Å². The first kappa shape index (κ1) is 16.2. The minimum absolute atomic E-state index is 0.241. The monoisotopic (exact) mass is 291 g/mol. The molecule has 1 aromatic rings. The Morgan fingerprint density at radius 3 is 2.43 bits per heavy atom. The summed E-state index contributed by atoms with van der Waals surface area (Å²) in [4.78, 5) is 0. The second-order valence-electron chi connectivity index (χ2n) is 6.82. The predicted octanol–water partition coefficient (Wildman–Crippen LogP) is 3.95. The fourth-order valence-electron chi connectivity index (χ4n) is 2.51. The van der Waals surface area contributed by atoms with Crippen molar-refractivity contribution in [3.05, 3.63) is 23.8 Å². The Morgan fingerprint density at radius 1 is 0.952 bits per heavy atom. The molecule has 0 fully saturated rings. The molecule has 0 aromatic heterocycles. The molecule has 0 radical (unpaired) electrons. The molecule has 0 saturated carbocycles. The van der Waals surface area contributed by atoms with Crippen LogP contribution in [0.25, 0.3) is 0 Å². The van der Waals surface area contributed by atoms with Crippen LogP contribution in [0.2, 0.25) is 0 Å². The average Bonchev–Trinajstić information content (AvgIpc) is 2.45. The number of hydrogen-bond acceptors (Lipinski definition) is 3. The van der Waals surface area contributed by atoms with Gasteiger partial charge in [-0.2, -0.15) is 0 Å². The standard InChI is InChI=1S/C18H29NO2/c1-18(2,3)19-11-7-5-4-6-8-15-9-10-16-17(14-15)21-13-12-20-16/h9-10,14,19H,4-8,11-13H2,1-3H3. The van der Waals surface area contributed by atoms with E-state index in [2.05, 4.69) is 38.2 Å². The van der Waals surface area contributed by atoms with E-state index in [0.29, 0.717) is 13.2 Å². The molecule has 0 spiro atoms. The normalized spacial score (nSPS) is 14.2. The highest BCUT2D eigenvalue weighted by atomic mass is 16.6. The average molecular weight is 291 g/mol. The van der Waals surface area contributed by atoms with Crippen LogP contribution in [0, 0.1) is 0 Å². The van der Waals surface area contributed by atoms with E-state index in [-0.39, 0.29) is 5.54 Å². The lowest BCUT2D eigenvalue weighted by molar-refractivity contribution is 0.171. The van der Waals surface area contributed by atoms with Crippen molar-refractivity contribution in [3.8, 4) is 11.5 Å². The topological polar surface area (TPSA) is 30.5 Å². The van der Waals surface area contributed by atoms with Gasteiger partial charge in [0.15, 0.2) is 11.5 Å². The first-order valence-corrected chi connectivity index (χ1v) is 8.18. The molecule has 21 heavy (non-hydrogen) atoms. The predicted molar refractivity (Wildman–Crippen MR) is 87.4 cm³/mol. The van der Waals surface area contributed by atoms with Gasteiger partial charge < -0.3 is 14.8 Å². The third-order valence-corrected chi connectivity index (χ3v) is 3.65. The molecule has 0 saturated heterocycles. The first-order valence-electron chi connectivity index (χ1n) is 8.18. The molecular formula is C18H29NO2. The van der Waals surface area contributed by atoms with Crippen LogP contribution < -0.4 is 14.8 Å². The molecule has 1 aliphatic heterocycles. The van der Waals surface area contributed by atoms with Crippen LogP contribution in [0.15, 0.2) is 18.2 Å². The van der Waals surface area contributed by atoms with E-state index < -0.39 is 0 Å². The molecule has 2 rings (SSSR count). The number of unbranched alkanes of at least 4 members (excludes halogenated alkanes) is 3. The summed E-state index contributed by atoms with van der Waals surface area (Å²) >= 11 is 0. The molecule has 1 N–H and O–H groups in total. The molecule has 0 atom stereocenters. The van der Waals surface area contributed by atoms with Crippen LogP contribution in [0.3, 0.4) is 0 Å². The van der Waals surface area contributed by atoms with Crippen molar-refractivity contribution >= 4 is 0 Å². The van der Waals surface area contributed by atoms with E-state index in [4.69, 9.17) is 9.47 Å². The van der Waals surface area contributed by atoms with E-state index in [1.54, 1.807) is 0 Å². The molecule has 0 bridgehead atoms. The maximum Gasteiger partial charge on any atom is 0.161 e. The van der Waals surface area contributed by atoms with Gasteiger partial charge in [-0.05, 0) is 64.3 Å². The lowest BCUT2D eigenvalue weighted by Crippen LogP contribution is -2.36. The zero-order valence-corrected chi connectivity index (χ0v) is 13.7. The summed E-state index contributed by atoms with van der Waals surface area (Å²) in [5, 5.41) is 3.53. The number of aryl methyl sites for hydroxylation is 1. The second-order valence-corrected chi connectivity index (χ2v) is 6.82. The van der Waals surface area contributed by atoms with E-state index in [0.717, 1.165) is 24.5 Å². The van der Waals surface area contributed by atoms with Crippen molar-refractivity contribution in [2.45, 2.75) is 58.4 Å². The smallest absolute Gasteiger partial charge is 0.161 e. The summed E-state index contributed by atoms with van der Waals surface area (Å²) in [7, 11) is 0. The first-order chi connectivity index (χ1) is 10.0. The molecular weight excluding hydrogens is 262 g/mol. The zero-order chi connectivity index (χ0) is 15.1. The number of ether oxygens (including phenoxy) is 2. The Labute approximate surface area is 129 Å².